The third-order valence-electron chi connectivity index (χ3n) is 2.14. The summed E-state index contributed by atoms with van der Waals surface area (Å²) in [7, 11) is 1.79. The molecule has 0 aliphatic carbocycles. The molecule has 76 valence electrons. The van der Waals surface area contributed by atoms with E-state index >= 15 is 0 Å². The highest BCUT2D eigenvalue weighted by Crippen LogP contribution is 2.08. The number of aliphatic imine (C=N–C) groups is 1. The molecule has 0 aromatic rings. The van der Waals surface area contributed by atoms with Crippen molar-refractivity contribution >= 4 is 6.21 Å². The normalized spacial score (nSPS) is 16.9. The van der Waals surface area contributed by atoms with Crippen molar-refractivity contribution in [3.8, 4) is 0 Å². The molecular formula is C11H21NO. The highest BCUT2D eigenvalue weighted by atomic mass is 16.3. The molecule has 0 aromatic heterocycles. The van der Waals surface area contributed by atoms with Crippen molar-refractivity contribution in [1.29, 1.82) is 0 Å². The maximum absolute atomic E-state index is 9.21. The molecule has 0 amide bonds. The number of unbranched alkanes of at least 4 members (excludes halogenated alkanes) is 1. The Kier molecular flexibility index (Phi) is 7.60. The Morgan fingerprint density at radius 2 is 1.92 bits per heavy atom. The molecule has 0 unspecified atom stereocenters. The van der Waals surface area contributed by atoms with Gasteiger partial charge in [0.2, 0.25) is 0 Å². The van der Waals surface area contributed by atoms with Crippen molar-refractivity contribution in [2.75, 3.05) is 7.05 Å². The van der Waals surface area contributed by atoms with Crippen LogP contribution in [0.2, 0.25) is 0 Å². The molecule has 0 rings (SSSR count). The Bertz CT molecular complexity index is 161. The van der Waals surface area contributed by atoms with Gasteiger partial charge in [-0.1, -0.05) is 19.1 Å². The molecule has 0 saturated heterocycles. The molecule has 13 heavy (non-hydrogen) atoms. The van der Waals surface area contributed by atoms with Gasteiger partial charge >= 0.3 is 0 Å². The molecule has 0 fully saturated rings. The fraction of sp³-hybridized carbons (Fsp3) is 0.727. The number of rotatable bonds is 6. The minimum atomic E-state index is -0.207. The summed E-state index contributed by atoms with van der Waals surface area (Å²) in [6.45, 7) is 3.89. The highest BCUT2D eigenvalue weighted by Gasteiger charge is 2.04. The maximum Gasteiger partial charge on any atom is 0.0540 e. The number of allylic oxidation sites excluding steroid dienone is 2. The van der Waals surface area contributed by atoms with Crippen LogP contribution >= 0.6 is 0 Å². The van der Waals surface area contributed by atoms with Gasteiger partial charge in [-0.25, -0.2) is 0 Å². The lowest BCUT2D eigenvalue weighted by Gasteiger charge is -2.10. The fourth-order valence-corrected chi connectivity index (χ4v) is 0.926. The first-order valence-electron chi connectivity index (χ1n) is 4.92. The summed E-state index contributed by atoms with van der Waals surface area (Å²) in [5, 5.41) is 9.21. The second kappa shape index (κ2) is 7.99. The van der Waals surface area contributed by atoms with Gasteiger partial charge in [-0.3, -0.25) is 0 Å². The number of hydrogen-bond acceptors (Lipinski definition) is 2. The molecular weight excluding hydrogens is 162 g/mol. The van der Waals surface area contributed by atoms with E-state index in [-0.39, 0.29) is 6.10 Å². The summed E-state index contributed by atoms with van der Waals surface area (Å²) in [5.41, 5.74) is 0. The zero-order valence-corrected chi connectivity index (χ0v) is 8.90. The van der Waals surface area contributed by atoms with Crippen LogP contribution in [-0.2, 0) is 0 Å². The first-order chi connectivity index (χ1) is 6.18. The summed E-state index contributed by atoms with van der Waals surface area (Å²) in [6, 6.07) is 0. The largest absolute Gasteiger partial charge is 0.393 e. The molecule has 0 bridgehead atoms. The predicted molar refractivity (Wildman–Crippen MR) is 58.3 cm³/mol. The van der Waals surface area contributed by atoms with Crippen molar-refractivity contribution in [2.24, 2.45) is 10.9 Å². The molecule has 0 heterocycles. The molecule has 0 saturated carbocycles. The van der Waals surface area contributed by atoms with Crippen LogP contribution in [0.25, 0.3) is 0 Å². The van der Waals surface area contributed by atoms with Gasteiger partial charge in [-0.05, 0) is 38.3 Å². The molecule has 0 radical (unpaired) electrons. The summed E-state index contributed by atoms with van der Waals surface area (Å²) in [6.07, 6.45) is 9.02. The van der Waals surface area contributed by atoms with Crippen LogP contribution < -0.4 is 0 Å². The standard InChI is InChI=1S/C11H21NO/c1-10(11(2)13)8-6-4-5-7-9-12-3/h4,6,9-11,13H,5,7-8H2,1-3H3/b6-4+,12-9?/t10-,11+/m1/s1. The molecule has 2 atom stereocenters. The summed E-state index contributed by atoms with van der Waals surface area (Å²) < 4.78 is 0. The highest BCUT2D eigenvalue weighted by molar-refractivity contribution is 5.56. The molecule has 0 aliphatic heterocycles. The van der Waals surface area contributed by atoms with E-state index in [9.17, 15) is 5.11 Å². The van der Waals surface area contributed by atoms with Gasteiger partial charge in [0, 0.05) is 7.05 Å². The van der Waals surface area contributed by atoms with Crippen molar-refractivity contribution in [3.05, 3.63) is 12.2 Å². The van der Waals surface area contributed by atoms with Crippen LogP contribution in [0.3, 0.4) is 0 Å². The van der Waals surface area contributed by atoms with Gasteiger partial charge in [-0.15, -0.1) is 0 Å². The van der Waals surface area contributed by atoms with Crippen LogP contribution in [0.4, 0.5) is 0 Å². The monoisotopic (exact) mass is 183 g/mol. The number of hydrogen-bond donors (Lipinski definition) is 1. The van der Waals surface area contributed by atoms with Gasteiger partial charge in [0.25, 0.3) is 0 Å². The van der Waals surface area contributed by atoms with Crippen LogP contribution in [0.1, 0.15) is 33.1 Å². The van der Waals surface area contributed by atoms with Crippen molar-refractivity contribution in [1.82, 2.24) is 0 Å². The number of aliphatic hydroxyl groups excluding tert-OH is 1. The number of aliphatic hydroxyl groups is 1. The van der Waals surface area contributed by atoms with E-state index in [0.29, 0.717) is 5.92 Å². The average Bonchev–Trinajstić information content (AvgIpc) is 2.10. The minimum absolute atomic E-state index is 0.207. The van der Waals surface area contributed by atoms with E-state index < -0.39 is 0 Å². The van der Waals surface area contributed by atoms with Crippen LogP contribution in [-0.4, -0.2) is 24.5 Å². The maximum atomic E-state index is 9.21. The Labute approximate surface area is 81.4 Å². The molecule has 2 heteroatoms. The first kappa shape index (κ1) is 12.4. The Morgan fingerprint density at radius 3 is 2.46 bits per heavy atom. The van der Waals surface area contributed by atoms with Crippen molar-refractivity contribution in [3.63, 3.8) is 0 Å². The van der Waals surface area contributed by atoms with Gasteiger partial charge in [0.15, 0.2) is 0 Å². The number of nitrogens with zero attached hydrogens (tertiary/aromatic N) is 1. The molecule has 0 aliphatic rings. The van der Waals surface area contributed by atoms with E-state index in [2.05, 4.69) is 24.1 Å². The fourth-order valence-electron chi connectivity index (χ4n) is 0.926. The minimum Gasteiger partial charge on any atom is -0.393 e. The molecule has 1 N–H and O–H groups in total. The van der Waals surface area contributed by atoms with Gasteiger partial charge in [-0.2, -0.15) is 0 Å². The van der Waals surface area contributed by atoms with Crippen molar-refractivity contribution < 1.29 is 5.11 Å². The van der Waals surface area contributed by atoms with Gasteiger partial charge in [0.1, 0.15) is 0 Å². The SMILES string of the molecule is CN=CCC/C=C/C[C@@H](C)[C@H](C)O. The third kappa shape index (κ3) is 7.72. The van der Waals surface area contributed by atoms with Gasteiger partial charge in [0.05, 0.1) is 6.10 Å². The Morgan fingerprint density at radius 1 is 1.23 bits per heavy atom. The van der Waals surface area contributed by atoms with Gasteiger partial charge < -0.3 is 10.1 Å². The first-order valence-corrected chi connectivity index (χ1v) is 4.92. The van der Waals surface area contributed by atoms with E-state index in [4.69, 9.17) is 0 Å². The van der Waals surface area contributed by atoms with Crippen LogP contribution in [0, 0.1) is 5.92 Å². The van der Waals surface area contributed by atoms with E-state index in [0.717, 1.165) is 19.3 Å². The van der Waals surface area contributed by atoms with E-state index in [1.807, 2.05) is 13.1 Å². The lowest BCUT2D eigenvalue weighted by molar-refractivity contribution is 0.136. The zero-order valence-electron chi connectivity index (χ0n) is 8.90. The molecule has 0 spiro atoms. The lowest BCUT2D eigenvalue weighted by atomic mass is 10.0. The zero-order chi connectivity index (χ0) is 10.1. The van der Waals surface area contributed by atoms with E-state index in [1.165, 1.54) is 0 Å². The average molecular weight is 183 g/mol. The van der Waals surface area contributed by atoms with Crippen LogP contribution in [0.15, 0.2) is 17.1 Å². The predicted octanol–water partition coefficient (Wildman–Crippen LogP) is 2.43. The van der Waals surface area contributed by atoms with Crippen molar-refractivity contribution in [2.45, 2.75) is 39.2 Å². The second-order valence-corrected chi connectivity index (χ2v) is 3.44. The summed E-state index contributed by atoms with van der Waals surface area (Å²) >= 11 is 0. The Hall–Kier alpha value is -0.630. The van der Waals surface area contributed by atoms with Crippen LogP contribution in [0.5, 0.6) is 0 Å². The lowest BCUT2D eigenvalue weighted by Crippen LogP contribution is -2.11. The second-order valence-electron chi connectivity index (χ2n) is 3.44. The third-order valence-corrected chi connectivity index (χ3v) is 2.14. The van der Waals surface area contributed by atoms with E-state index in [1.54, 1.807) is 7.05 Å². The molecule has 0 aromatic carbocycles. The topological polar surface area (TPSA) is 32.6 Å². The molecule has 2 nitrogen and oxygen atoms in total. The summed E-state index contributed by atoms with van der Waals surface area (Å²) in [4.78, 5) is 3.90. The smallest absolute Gasteiger partial charge is 0.0540 e. The Balaban J connectivity index is 3.40. The quantitative estimate of drug-likeness (QED) is 0.383. The summed E-state index contributed by atoms with van der Waals surface area (Å²) in [5.74, 6) is 0.357.